The summed E-state index contributed by atoms with van der Waals surface area (Å²) in [5.41, 5.74) is -0.133. The molecule has 2 rings (SSSR count). The minimum Gasteiger partial charge on any atom is -0.478 e. The summed E-state index contributed by atoms with van der Waals surface area (Å²) in [4.78, 5) is 10.8. The van der Waals surface area contributed by atoms with Crippen LogP contribution in [-0.4, -0.2) is 38.7 Å². The Morgan fingerprint density at radius 3 is 2.71 bits per heavy atom. The van der Waals surface area contributed by atoms with Gasteiger partial charge in [-0.25, -0.2) is 17.9 Å². The van der Waals surface area contributed by atoms with Crippen LogP contribution in [0.3, 0.4) is 0 Å². The molecule has 2 atom stereocenters. The van der Waals surface area contributed by atoms with E-state index in [1.54, 1.807) is 7.11 Å². The van der Waals surface area contributed by atoms with E-state index in [0.29, 0.717) is 6.42 Å². The molecular weight excluding hydrogens is 318 g/mol. The van der Waals surface area contributed by atoms with Crippen molar-refractivity contribution in [2.24, 2.45) is 0 Å². The van der Waals surface area contributed by atoms with Crippen molar-refractivity contribution in [2.75, 3.05) is 7.11 Å². The van der Waals surface area contributed by atoms with E-state index in [1.807, 2.05) is 0 Å². The number of ether oxygens (including phenoxy) is 1. The highest BCUT2D eigenvalue weighted by Crippen LogP contribution is 2.25. The number of aromatic carboxylic acids is 1. The lowest BCUT2D eigenvalue weighted by atomic mass is 10.2. The fraction of sp³-hybridized carbons (Fsp3) is 0.462. The molecule has 1 aliphatic rings. The van der Waals surface area contributed by atoms with Crippen molar-refractivity contribution >= 4 is 27.6 Å². The first kappa shape index (κ1) is 16.2. The van der Waals surface area contributed by atoms with Gasteiger partial charge in [-0.3, -0.25) is 0 Å². The highest BCUT2D eigenvalue weighted by molar-refractivity contribution is 7.89. The van der Waals surface area contributed by atoms with E-state index < -0.39 is 16.0 Å². The standard InChI is InChI=1S/C13H16ClNO5S/c1-20-12-4-2-3-11(12)15-21(18,19)8-5-6-9(13(16)17)10(14)7-8/h5-7,11-12,15H,2-4H2,1H3,(H,16,17). The highest BCUT2D eigenvalue weighted by Gasteiger charge is 2.31. The van der Waals surface area contributed by atoms with Gasteiger partial charge in [-0.2, -0.15) is 0 Å². The maximum Gasteiger partial charge on any atom is 0.337 e. The number of halogens is 1. The van der Waals surface area contributed by atoms with Crippen molar-refractivity contribution in [3.63, 3.8) is 0 Å². The molecule has 0 aliphatic heterocycles. The average Bonchev–Trinajstić information content (AvgIpc) is 2.84. The van der Waals surface area contributed by atoms with Crippen LogP contribution in [0.5, 0.6) is 0 Å². The van der Waals surface area contributed by atoms with Gasteiger partial charge in [0.05, 0.1) is 21.6 Å². The van der Waals surface area contributed by atoms with E-state index in [4.69, 9.17) is 21.4 Å². The number of carboxylic acids is 1. The van der Waals surface area contributed by atoms with E-state index >= 15 is 0 Å². The van der Waals surface area contributed by atoms with E-state index in [2.05, 4.69) is 4.72 Å². The first-order valence-electron chi connectivity index (χ1n) is 6.43. The maximum absolute atomic E-state index is 12.3. The number of nitrogens with one attached hydrogen (secondary N) is 1. The van der Waals surface area contributed by atoms with Gasteiger partial charge in [-0.15, -0.1) is 0 Å². The predicted octanol–water partition coefficient (Wildman–Crippen LogP) is 1.88. The largest absolute Gasteiger partial charge is 0.478 e. The molecular formula is C13H16ClNO5S. The van der Waals surface area contributed by atoms with Gasteiger partial charge in [0.2, 0.25) is 10.0 Å². The van der Waals surface area contributed by atoms with Crippen LogP contribution in [-0.2, 0) is 14.8 Å². The number of carbonyl (C=O) groups is 1. The number of rotatable bonds is 5. The first-order chi connectivity index (χ1) is 9.85. The molecule has 116 valence electrons. The van der Waals surface area contributed by atoms with Crippen LogP contribution >= 0.6 is 11.6 Å². The molecule has 8 heteroatoms. The second-order valence-corrected chi connectivity index (χ2v) is 7.00. The summed E-state index contributed by atoms with van der Waals surface area (Å²) in [6.07, 6.45) is 2.26. The van der Waals surface area contributed by atoms with Crippen molar-refractivity contribution in [3.05, 3.63) is 28.8 Å². The second kappa shape index (κ2) is 6.31. The number of carboxylic acid groups (broad SMARTS) is 1. The van der Waals surface area contributed by atoms with Crippen LogP contribution < -0.4 is 4.72 Å². The van der Waals surface area contributed by atoms with Gasteiger partial charge in [0.25, 0.3) is 0 Å². The number of benzene rings is 1. The van der Waals surface area contributed by atoms with Crippen LogP contribution in [0.25, 0.3) is 0 Å². The van der Waals surface area contributed by atoms with Gasteiger partial charge < -0.3 is 9.84 Å². The summed E-state index contributed by atoms with van der Waals surface area (Å²) in [6.45, 7) is 0. The average molecular weight is 334 g/mol. The highest BCUT2D eigenvalue weighted by atomic mass is 35.5. The van der Waals surface area contributed by atoms with Crippen molar-refractivity contribution in [1.82, 2.24) is 4.72 Å². The monoisotopic (exact) mass is 333 g/mol. The minimum atomic E-state index is -3.76. The Balaban J connectivity index is 2.23. The van der Waals surface area contributed by atoms with Gasteiger partial charge >= 0.3 is 5.97 Å². The van der Waals surface area contributed by atoms with Crippen molar-refractivity contribution < 1.29 is 23.1 Å². The Morgan fingerprint density at radius 1 is 1.43 bits per heavy atom. The zero-order valence-corrected chi connectivity index (χ0v) is 12.9. The third kappa shape index (κ3) is 3.55. The molecule has 0 radical (unpaired) electrons. The number of hydrogen-bond donors (Lipinski definition) is 2. The first-order valence-corrected chi connectivity index (χ1v) is 8.29. The third-order valence-corrected chi connectivity index (χ3v) is 5.34. The lowest BCUT2D eigenvalue weighted by Crippen LogP contribution is -2.40. The lowest BCUT2D eigenvalue weighted by molar-refractivity contribution is 0.0697. The van der Waals surface area contributed by atoms with Crippen molar-refractivity contribution in [2.45, 2.75) is 36.3 Å². The predicted molar refractivity (Wildman–Crippen MR) is 77.2 cm³/mol. The zero-order valence-electron chi connectivity index (χ0n) is 11.4. The zero-order chi connectivity index (χ0) is 15.6. The van der Waals surface area contributed by atoms with Crippen LogP contribution in [0.2, 0.25) is 5.02 Å². The quantitative estimate of drug-likeness (QED) is 0.858. The summed E-state index contributed by atoms with van der Waals surface area (Å²) in [6, 6.07) is 3.28. The second-order valence-electron chi connectivity index (χ2n) is 4.88. The van der Waals surface area contributed by atoms with Gasteiger partial charge in [-0.1, -0.05) is 11.6 Å². The smallest absolute Gasteiger partial charge is 0.337 e. The molecule has 1 saturated carbocycles. The molecule has 0 bridgehead atoms. The van der Waals surface area contributed by atoms with Gasteiger partial charge in [0, 0.05) is 13.2 Å². The SMILES string of the molecule is COC1CCCC1NS(=O)(=O)c1ccc(C(=O)O)c(Cl)c1. The molecule has 21 heavy (non-hydrogen) atoms. The number of methoxy groups -OCH3 is 1. The molecule has 0 saturated heterocycles. The summed E-state index contributed by atoms with van der Waals surface area (Å²) in [5.74, 6) is -1.20. The molecule has 2 unspecified atom stereocenters. The van der Waals surface area contributed by atoms with Crippen LogP contribution in [0, 0.1) is 0 Å². The van der Waals surface area contributed by atoms with E-state index in [1.165, 1.54) is 12.1 Å². The normalized spacial score (nSPS) is 22.4. The number of hydrogen-bond acceptors (Lipinski definition) is 4. The third-order valence-electron chi connectivity index (χ3n) is 3.54. The van der Waals surface area contributed by atoms with Gasteiger partial charge in [0.1, 0.15) is 0 Å². The van der Waals surface area contributed by atoms with Crippen molar-refractivity contribution in [1.29, 1.82) is 0 Å². The molecule has 6 nitrogen and oxygen atoms in total. The Hall–Kier alpha value is -1.15. The molecule has 2 N–H and O–H groups in total. The molecule has 1 aliphatic carbocycles. The van der Waals surface area contributed by atoms with Crippen LogP contribution in [0.15, 0.2) is 23.1 Å². The van der Waals surface area contributed by atoms with Crippen molar-refractivity contribution in [3.8, 4) is 0 Å². The molecule has 0 aromatic heterocycles. The van der Waals surface area contributed by atoms with Gasteiger partial charge in [0.15, 0.2) is 0 Å². The Bertz CT molecular complexity index is 646. The fourth-order valence-corrected chi connectivity index (χ4v) is 4.10. The minimum absolute atomic E-state index is 0.0562. The Kier molecular flexibility index (Phi) is 4.88. The Labute approximate surface area is 128 Å². The molecule has 0 heterocycles. The molecule has 1 aromatic rings. The Morgan fingerprint density at radius 2 is 2.14 bits per heavy atom. The fourth-order valence-electron chi connectivity index (χ4n) is 2.45. The topological polar surface area (TPSA) is 92.7 Å². The van der Waals surface area contributed by atoms with Crippen LogP contribution in [0.4, 0.5) is 0 Å². The lowest BCUT2D eigenvalue weighted by Gasteiger charge is -2.19. The summed E-state index contributed by atoms with van der Waals surface area (Å²) >= 11 is 5.81. The van der Waals surface area contributed by atoms with E-state index in [0.717, 1.165) is 18.9 Å². The van der Waals surface area contributed by atoms with Gasteiger partial charge in [-0.05, 0) is 37.5 Å². The summed E-state index contributed by atoms with van der Waals surface area (Å²) < 4.78 is 32.5. The molecule has 0 amide bonds. The molecule has 1 aromatic carbocycles. The van der Waals surface area contributed by atoms with E-state index in [9.17, 15) is 13.2 Å². The molecule has 0 spiro atoms. The number of sulfonamides is 1. The van der Waals surface area contributed by atoms with Crippen LogP contribution in [0.1, 0.15) is 29.6 Å². The maximum atomic E-state index is 12.3. The summed E-state index contributed by atoms with van der Waals surface area (Å²) in [7, 11) is -2.21. The van der Waals surface area contributed by atoms with E-state index in [-0.39, 0.29) is 27.6 Å². The molecule has 1 fully saturated rings. The summed E-state index contributed by atoms with van der Waals surface area (Å²) in [5, 5.41) is 8.78.